The van der Waals surface area contributed by atoms with Gasteiger partial charge < -0.3 is 20.1 Å². The van der Waals surface area contributed by atoms with Crippen LogP contribution in [0.4, 0.5) is 5.95 Å². The molecule has 0 saturated heterocycles. The highest BCUT2D eigenvalue weighted by molar-refractivity contribution is 6.40. The molecule has 2 unspecified atom stereocenters. The molecule has 0 aliphatic heterocycles. The molecule has 1 aromatic heterocycles. The zero-order valence-corrected chi connectivity index (χ0v) is 21.5. The standard InChI is InChI=1S/C26H28Cl2N4O3/c1-5-22(33)30-17-8-6-7-9-18(17)31-26-29-13-15-11-16(20(34-3)12-19(15)32-26)23-24(27)14(2)10-21(35-4)25(23)28/h5,10-13,17-18H,1,6-9H2,2-4H3,(H,30,33)(H,29,31,32). The van der Waals surface area contributed by atoms with Crippen molar-refractivity contribution in [1.82, 2.24) is 15.3 Å². The lowest BCUT2D eigenvalue weighted by Crippen LogP contribution is -2.48. The molecule has 1 aliphatic rings. The highest BCUT2D eigenvalue weighted by Gasteiger charge is 2.27. The Morgan fingerprint density at radius 2 is 1.80 bits per heavy atom. The van der Waals surface area contributed by atoms with Gasteiger partial charge >= 0.3 is 0 Å². The predicted octanol–water partition coefficient (Wildman–Crippen LogP) is 5.95. The van der Waals surface area contributed by atoms with Crippen LogP contribution in [-0.2, 0) is 4.79 Å². The molecule has 1 fully saturated rings. The van der Waals surface area contributed by atoms with Crippen molar-refractivity contribution in [3.8, 4) is 22.6 Å². The number of rotatable bonds is 7. The second-order valence-corrected chi connectivity index (χ2v) is 9.31. The quantitative estimate of drug-likeness (QED) is 0.378. The third kappa shape index (κ3) is 5.16. The summed E-state index contributed by atoms with van der Waals surface area (Å²) in [6.07, 6.45) is 6.99. The molecule has 7 nitrogen and oxygen atoms in total. The Bertz CT molecular complexity index is 1280. The van der Waals surface area contributed by atoms with Crippen LogP contribution in [-0.4, -0.2) is 42.2 Å². The number of anilines is 1. The number of amides is 1. The van der Waals surface area contributed by atoms with Gasteiger partial charge in [-0.1, -0.05) is 42.6 Å². The molecular weight excluding hydrogens is 487 g/mol. The summed E-state index contributed by atoms with van der Waals surface area (Å²) in [6.45, 7) is 5.45. The van der Waals surface area contributed by atoms with Gasteiger partial charge in [-0.15, -0.1) is 0 Å². The molecule has 1 aliphatic carbocycles. The van der Waals surface area contributed by atoms with Crippen LogP contribution in [0.3, 0.4) is 0 Å². The molecule has 184 valence electrons. The monoisotopic (exact) mass is 514 g/mol. The van der Waals surface area contributed by atoms with Crippen molar-refractivity contribution in [2.75, 3.05) is 19.5 Å². The zero-order chi connectivity index (χ0) is 25.1. The van der Waals surface area contributed by atoms with Crippen LogP contribution >= 0.6 is 23.2 Å². The van der Waals surface area contributed by atoms with Crippen LogP contribution in [0.25, 0.3) is 22.0 Å². The van der Waals surface area contributed by atoms with E-state index in [1.165, 1.54) is 6.08 Å². The van der Waals surface area contributed by atoms with Crippen LogP contribution in [0.15, 0.2) is 37.1 Å². The molecule has 1 heterocycles. The summed E-state index contributed by atoms with van der Waals surface area (Å²) < 4.78 is 11.1. The fourth-order valence-electron chi connectivity index (χ4n) is 4.50. The molecular formula is C26H28Cl2N4O3. The van der Waals surface area contributed by atoms with Gasteiger partial charge in [-0.2, -0.15) is 0 Å². The molecule has 3 aromatic rings. The minimum atomic E-state index is -0.175. The average molecular weight is 515 g/mol. The van der Waals surface area contributed by atoms with Gasteiger partial charge in [0.15, 0.2) is 0 Å². The number of aromatic nitrogens is 2. The Kier molecular flexibility index (Phi) is 7.67. The van der Waals surface area contributed by atoms with Gasteiger partial charge in [-0.3, -0.25) is 4.79 Å². The molecule has 2 atom stereocenters. The van der Waals surface area contributed by atoms with E-state index >= 15 is 0 Å². The zero-order valence-electron chi connectivity index (χ0n) is 20.0. The number of hydrogen-bond donors (Lipinski definition) is 2. The third-order valence-electron chi connectivity index (χ3n) is 6.33. The topological polar surface area (TPSA) is 85.4 Å². The van der Waals surface area contributed by atoms with E-state index in [0.717, 1.165) is 42.2 Å². The van der Waals surface area contributed by atoms with E-state index in [4.69, 9.17) is 37.7 Å². The highest BCUT2D eigenvalue weighted by atomic mass is 35.5. The van der Waals surface area contributed by atoms with Gasteiger partial charge in [0.2, 0.25) is 11.9 Å². The number of carbonyl (C=O) groups excluding carboxylic acids is 1. The number of methoxy groups -OCH3 is 2. The first kappa shape index (κ1) is 25.1. The van der Waals surface area contributed by atoms with Crippen LogP contribution in [0.1, 0.15) is 31.2 Å². The molecule has 2 N–H and O–H groups in total. The normalized spacial score (nSPS) is 17.6. The number of hydrogen-bond acceptors (Lipinski definition) is 6. The van der Waals surface area contributed by atoms with Crippen LogP contribution in [0.5, 0.6) is 11.5 Å². The molecule has 35 heavy (non-hydrogen) atoms. The summed E-state index contributed by atoms with van der Waals surface area (Å²) in [6, 6.07) is 5.59. The lowest BCUT2D eigenvalue weighted by molar-refractivity contribution is -0.117. The molecule has 0 spiro atoms. The number of benzene rings is 2. The second kappa shape index (κ2) is 10.7. The SMILES string of the molecule is C=CC(=O)NC1CCCCC1Nc1ncc2cc(-c3c(Cl)c(C)cc(OC)c3Cl)c(OC)cc2n1. The summed E-state index contributed by atoms with van der Waals surface area (Å²) in [4.78, 5) is 21.1. The van der Waals surface area contributed by atoms with E-state index in [1.54, 1.807) is 26.5 Å². The maximum Gasteiger partial charge on any atom is 0.243 e. The van der Waals surface area contributed by atoms with E-state index in [1.807, 2.05) is 19.1 Å². The molecule has 4 rings (SSSR count). The number of nitrogens with zero attached hydrogens (tertiary/aromatic N) is 2. The van der Waals surface area contributed by atoms with E-state index in [0.29, 0.717) is 38.6 Å². The first-order valence-electron chi connectivity index (χ1n) is 11.4. The Hall–Kier alpha value is -3.03. The lowest BCUT2D eigenvalue weighted by Gasteiger charge is -2.32. The fourth-order valence-corrected chi connectivity index (χ4v) is 5.13. The summed E-state index contributed by atoms with van der Waals surface area (Å²) in [5, 5.41) is 8.16. The average Bonchev–Trinajstić information content (AvgIpc) is 2.87. The first-order chi connectivity index (χ1) is 16.9. The molecule has 1 amide bonds. The van der Waals surface area contributed by atoms with E-state index in [9.17, 15) is 4.79 Å². The number of fused-ring (bicyclic) bond motifs is 1. The van der Waals surface area contributed by atoms with Crippen molar-refractivity contribution in [2.45, 2.75) is 44.7 Å². The summed E-state index contributed by atoms with van der Waals surface area (Å²) in [5.74, 6) is 1.43. The minimum Gasteiger partial charge on any atom is -0.496 e. The molecule has 9 heteroatoms. The molecule has 1 saturated carbocycles. The Balaban J connectivity index is 1.71. The number of nitrogens with one attached hydrogen (secondary N) is 2. The maximum absolute atomic E-state index is 11.9. The van der Waals surface area contributed by atoms with Crippen molar-refractivity contribution >= 4 is 46.0 Å². The smallest absolute Gasteiger partial charge is 0.243 e. The largest absolute Gasteiger partial charge is 0.496 e. The van der Waals surface area contributed by atoms with Crippen molar-refractivity contribution in [2.24, 2.45) is 0 Å². The van der Waals surface area contributed by atoms with Crippen molar-refractivity contribution < 1.29 is 14.3 Å². The van der Waals surface area contributed by atoms with Gasteiger partial charge in [0.05, 0.1) is 29.8 Å². The minimum absolute atomic E-state index is 0.00829. The Labute approximate surface area is 214 Å². The second-order valence-electron chi connectivity index (χ2n) is 8.56. The molecule has 0 radical (unpaired) electrons. The number of ether oxygens (including phenoxy) is 2. The maximum atomic E-state index is 11.9. The molecule has 0 bridgehead atoms. The van der Waals surface area contributed by atoms with E-state index in [2.05, 4.69) is 22.2 Å². The van der Waals surface area contributed by atoms with Crippen LogP contribution < -0.4 is 20.1 Å². The summed E-state index contributed by atoms with van der Waals surface area (Å²) in [7, 11) is 3.16. The van der Waals surface area contributed by atoms with Gasteiger partial charge in [-0.05, 0) is 43.5 Å². The van der Waals surface area contributed by atoms with Crippen molar-refractivity contribution in [1.29, 1.82) is 0 Å². The van der Waals surface area contributed by atoms with Crippen molar-refractivity contribution in [3.63, 3.8) is 0 Å². The summed E-state index contributed by atoms with van der Waals surface area (Å²) in [5.41, 5.74) is 2.90. The first-order valence-corrected chi connectivity index (χ1v) is 12.2. The van der Waals surface area contributed by atoms with Gasteiger partial charge in [0.25, 0.3) is 0 Å². The summed E-state index contributed by atoms with van der Waals surface area (Å²) >= 11 is 13.3. The van der Waals surface area contributed by atoms with Gasteiger partial charge in [0, 0.05) is 40.9 Å². The third-order valence-corrected chi connectivity index (χ3v) is 7.20. The molecule has 2 aromatic carbocycles. The van der Waals surface area contributed by atoms with Gasteiger partial charge in [0.1, 0.15) is 11.5 Å². The number of halogens is 2. The number of aryl methyl sites for hydroxylation is 1. The fraction of sp³-hybridized carbons (Fsp3) is 0.346. The number of carbonyl (C=O) groups is 1. The van der Waals surface area contributed by atoms with Crippen LogP contribution in [0, 0.1) is 6.92 Å². The Morgan fingerprint density at radius 3 is 2.49 bits per heavy atom. The van der Waals surface area contributed by atoms with Crippen molar-refractivity contribution in [3.05, 3.63) is 52.7 Å². The van der Waals surface area contributed by atoms with E-state index in [-0.39, 0.29) is 18.0 Å². The van der Waals surface area contributed by atoms with Crippen LogP contribution in [0.2, 0.25) is 10.0 Å². The van der Waals surface area contributed by atoms with Gasteiger partial charge in [-0.25, -0.2) is 9.97 Å². The highest BCUT2D eigenvalue weighted by Crippen LogP contribution is 2.46. The Morgan fingerprint density at radius 1 is 1.09 bits per heavy atom. The lowest BCUT2D eigenvalue weighted by atomic mass is 9.90. The van der Waals surface area contributed by atoms with E-state index < -0.39 is 0 Å². The predicted molar refractivity (Wildman–Crippen MR) is 141 cm³/mol.